The number of anilines is 1. The number of nitrogens with one attached hydrogen (secondary N) is 1. The SMILES string of the molecule is CCOc1ccc(CN(C)C(=O)CSCC(=O)Nc2cccc(C)c2)cc1. The molecule has 2 amide bonds. The summed E-state index contributed by atoms with van der Waals surface area (Å²) in [6.45, 7) is 5.08. The molecule has 2 rings (SSSR count). The molecule has 6 heteroatoms. The van der Waals surface area contributed by atoms with Crippen LogP contribution in [0.4, 0.5) is 5.69 Å². The van der Waals surface area contributed by atoms with Crippen LogP contribution in [0.3, 0.4) is 0 Å². The lowest BCUT2D eigenvalue weighted by Crippen LogP contribution is -2.28. The van der Waals surface area contributed by atoms with Gasteiger partial charge in [-0.25, -0.2) is 0 Å². The van der Waals surface area contributed by atoms with Gasteiger partial charge in [0.1, 0.15) is 5.75 Å². The molecule has 0 fully saturated rings. The van der Waals surface area contributed by atoms with Crippen LogP contribution in [-0.2, 0) is 16.1 Å². The Bertz CT molecular complexity index is 762. The summed E-state index contributed by atoms with van der Waals surface area (Å²) in [6, 6.07) is 15.4. The first kappa shape index (κ1) is 20.8. The summed E-state index contributed by atoms with van der Waals surface area (Å²) in [6.07, 6.45) is 0. The second kappa shape index (κ2) is 10.6. The maximum Gasteiger partial charge on any atom is 0.234 e. The number of nitrogens with zero attached hydrogens (tertiary/aromatic N) is 1. The number of hydrogen-bond acceptors (Lipinski definition) is 4. The number of rotatable bonds is 9. The Kier molecular flexibility index (Phi) is 8.20. The van der Waals surface area contributed by atoms with E-state index in [-0.39, 0.29) is 23.3 Å². The van der Waals surface area contributed by atoms with Crippen LogP contribution in [0.25, 0.3) is 0 Å². The van der Waals surface area contributed by atoms with Crippen LogP contribution < -0.4 is 10.1 Å². The average molecular weight is 387 g/mol. The molecule has 0 radical (unpaired) electrons. The number of carbonyl (C=O) groups excluding carboxylic acids is 2. The van der Waals surface area contributed by atoms with Gasteiger partial charge in [0, 0.05) is 19.3 Å². The lowest BCUT2D eigenvalue weighted by atomic mass is 10.2. The van der Waals surface area contributed by atoms with Crippen LogP contribution in [0.1, 0.15) is 18.1 Å². The molecule has 0 aliphatic rings. The Morgan fingerprint density at radius 2 is 1.85 bits per heavy atom. The van der Waals surface area contributed by atoms with E-state index in [0.29, 0.717) is 13.2 Å². The highest BCUT2D eigenvalue weighted by Crippen LogP contribution is 2.14. The Balaban J connectivity index is 1.71. The summed E-state index contributed by atoms with van der Waals surface area (Å²) in [5.74, 6) is 1.24. The number of hydrogen-bond donors (Lipinski definition) is 1. The summed E-state index contributed by atoms with van der Waals surface area (Å²) in [5.41, 5.74) is 2.91. The minimum Gasteiger partial charge on any atom is -0.494 e. The topological polar surface area (TPSA) is 58.6 Å². The van der Waals surface area contributed by atoms with Crippen molar-refractivity contribution in [2.75, 3.05) is 30.5 Å². The van der Waals surface area contributed by atoms with Gasteiger partial charge in [0.05, 0.1) is 18.1 Å². The summed E-state index contributed by atoms with van der Waals surface area (Å²) < 4.78 is 5.42. The summed E-state index contributed by atoms with van der Waals surface area (Å²) in [7, 11) is 1.77. The van der Waals surface area contributed by atoms with Crippen molar-refractivity contribution in [3.63, 3.8) is 0 Å². The fourth-order valence-corrected chi connectivity index (χ4v) is 3.24. The molecule has 1 N–H and O–H groups in total. The number of amides is 2. The van der Waals surface area contributed by atoms with Gasteiger partial charge in [-0.1, -0.05) is 24.3 Å². The third-order valence-corrected chi connectivity index (χ3v) is 4.76. The number of carbonyl (C=O) groups is 2. The third-order valence-electron chi connectivity index (χ3n) is 3.84. The fourth-order valence-electron chi connectivity index (χ4n) is 2.48. The van der Waals surface area contributed by atoms with E-state index in [1.807, 2.05) is 62.4 Å². The van der Waals surface area contributed by atoms with Gasteiger partial charge in [-0.2, -0.15) is 0 Å². The van der Waals surface area contributed by atoms with Gasteiger partial charge in [0.15, 0.2) is 0 Å². The summed E-state index contributed by atoms with van der Waals surface area (Å²) >= 11 is 1.32. The maximum atomic E-state index is 12.2. The van der Waals surface area contributed by atoms with E-state index in [9.17, 15) is 9.59 Å². The molecule has 0 spiro atoms. The molecule has 0 saturated carbocycles. The van der Waals surface area contributed by atoms with Crippen molar-refractivity contribution < 1.29 is 14.3 Å². The van der Waals surface area contributed by atoms with Crippen molar-refractivity contribution in [3.8, 4) is 5.75 Å². The maximum absolute atomic E-state index is 12.2. The van der Waals surface area contributed by atoms with E-state index < -0.39 is 0 Å². The minimum absolute atomic E-state index is 0.00256. The fraction of sp³-hybridized carbons (Fsp3) is 0.333. The van der Waals surface area contributed by atoms with E-state index >= 15 is 0 Å². The molecule has 2 aromatic carbocycles. The largest absolute Gasteiger partial charge is 0.494 e. The third kappa shape index (κ3) is 7.35. The van der Waals surface area contributed by atoms with Gasteiger partial charge in [0.2, 0.25) is 11.8 Å². The van der Waals surface area contributed by atoms with E-state index in [4.69, 9.17) is 4.74 Å². The quantitative estimate of drug-likeness (QED) is 0.713. The number of thioether (sulfide) groups is 1. The van der Waals surface area contributed by atoms with Crippen LogP contribution in [-0.4, -0.2) is 41.9 Å². The molecule has 0 saturated heterocycles. The first-order valence-corrected chi connectivity index (χ1v) is 10.0. The highest BCUT2D eigenvalue weighted by atomic mass is 32.2. The highest BCUT2D eigenvalue weighted by molar-refractivity contribution is 8.00. The molecule has 144 valence electrons. The predicted octanol–water partition coefficient (Wildman–Crippen LogP) is 3.72. The zero-order valence-electron chi connectivity index (χ0n) is 16.0. The van der Waals surface area contributed by atoms with E-state index in [2.05, 4.69) is 5.32 Å². The molecule has 0 atom stereocenters. The zero-order valence-corrected chi connectivity index (χ0v) is 16.8. The number of benzene rings is 2. The van der Waals surface area contributed by atoms with Crippen LogP contribution in [0, 0.1) is 6.92 Å². The first-order chi connectivity index (χ1) is 13.0. The van der Waals surface area contributed by atoms with Gasteiger partial charge in [-0.3, -0.25) is 9.59 Å². The molecule has 0 aromatic heterocycles. The van der Waals surface area contributed by atoms with Crippen LogP contribution in [0.5, 0.6) is 5.75 Å². The average Bonchev–Trinajstić information content (AvgIpc) is 2.63. The molecule has 0 aliphatic heterocycles. The highest BCUT2D eigenvalue weighted by Gasteiger charge is 2.11. The molecule has 0 unspecified atom stereocenters. The van der Waals surface area contributed by atoms with Gasteiger partial charge >= 0.3 is 0 Å². The Hall–Kier alpha value is -2.47. The molecule has 2 aromatic rings. The zero-order chi connectivity index (χ0) is 19.6. The molecule has 27 heavy (non-hydrogen) atoms. The summed E-state index contributed by atoms with van der Waals surface area (Å²) in [5, 5.41) is 2.84. The Labute approximate surface area is 165 Å². The molecular formula is C21H26N2O3S. The smallest absolute Gasteiger partial charge is 0.234 e. The van der Waals surface area contributed by atoms with Gasteiger partial charge in [-0.05, 0) is 49.2 Å². The Morgan fingerprint density at radius 1 is 1.11 bits per heavy atom. The second-order valence-corrected chi connectivity index (χ2v) is 7.22. The van der Waals surface area contributed by atoms with Crippen molar-refractivity contribution in [2.24, 2.45) is 0 Å². The summed E-state index contributed by atoms with van der Waals surface area (Å²) in [4.78, 5) is 25.9. The second-order valence-electron chi connectivity index (χ2n) is 6.24. The van der Waals surface area contributed by atoms with Crippen molar-refractivity contribution in [2.45, 2.75) is 20.4 Å². The normalized spacial score (nSPS) is 10.3. The lowest BCUT2D eigenvalue weighted by molar-refractivity contribution is -0.127. The van der Waals surface area contributed by atoms with Crippen molar-refractivity contribution >= 4 is 29.3 Å². The van der Waals surface area contributed by atoms with Crippen molar-refractivity contribution in [1.82, 2.24) is 4.90 Å². The van der Waals surface area contributed by atoms with E-state index in [1.165, 1.54) is 11.8 Å². The van der Waals surface area contributed by atoms with Gasteiger partial charge in [0.25, 0.3) is 0 Å². The molecular weight excluding hydrogens is 360 g/mol. The monoisotopic (exact) mass is 386 g/mol. The van der Waals surface area contributed by atoms with Crippen LogP contribution in [0.2, 0.25) is 0 Å². The van der Waals surface area contributed by atoms with Gasteiger partial charge in [-0.15, -0.1) is 11.8 Å². The minimum atomic E-state index is -0.104. The number of aryl methyl sites for hydroxylation is 1. The lowest BCUT2D eigenvalue weighted by Gasteiger charge is -2.17. The molecule has 0 aliphatic carbocycles. The van der Waals surface area contributed by atoms with Crippen molar-refractivity contribution in [3.05, 3.63) is 59.7 Å². The van der Waals surface area contributed by atoms with Crippen LogP contribution >= 0.6 is 11.8 Å². The first-order valence-electron chi connectivity index (χ1n) is 8.88. The standard InChI is InChI=1S/C21H26N2O3S/c1-4-26-19-10-8-17(9-11-19)13-23(3)21(25)15-27-14-20(24)22-18-7-5-6-16(2)12-18/h5-12H,4,13-15H2,1-3H3,(H,22,24). The van der Waals surface area contributed by atoms with E-state index in [0.717, 1.165) is 22.6 Å². The van der Waals surface area contributed by atoms with Crippen molar-refractivity contribution in [1.29, 1.82) is 0 Å². The molecule has 0 bridgehead atoms. The van der Waals surface area contributed by atoms with Crippen LogP contribution in [0.15, 0.2) is 48.5 Å². The van der Waals surface area contributed by atoms with Gasteiger partial charge < -0.3 is 15.0 Å². The van der Waals surface area contributed by atoms with E-state index in [1.54, 1.807) is 11.9 Å². The molecule has 0 heterocycles. The Morgan fingerprint density at radius 3 is 2.52 bits per heavy atom. The predicted molar refractivity (Wildman–Crippen MR) is 111 cm³/mol. The number of ether oxygens (including phenoxy) is 1. The molecule has 5 nitrogen and oxygen atoms in total.